The predicted octanol–water partition coefficient (Wildman–Crippen LogP) is 5.65. The topological polar surface area (TPSA) is 97.5 Å². The summed E-state index contributed by atoms with van der Waals surface area (Å²) in [6.07, 6.45) is 3.27. The molecule has 1 N–H and O–H groups in total. The summed E-state index contributed by atoms with van der Waals surface area (Å²) in [7, 11) is 0. The Bertz CT molecular complexity index is 1270. The van der Waals surface area contributed by atoms with Crippen LogP contribution in [0.4, 0.5) is 11.4 Å². The molecule has 0 unspecified atom stereocenters. The van der Waals surface area contributed by atoms with E-state index in [1.165, 1.54) is 35.2 Å². The fraction of sp³-hybridized carbons (Fsp3) is 0.0870. The molecule has 0 saturated carbocycles. The number of benzene rings is 2. The summed E-state index contributed by atoms with van der Waals surface area (Å²) < 4.78 is 0. The van der Waals surface area contributed by atoms with Crippen molar-refractivity contribution in [3.05, 3.63) is 92.5 Å². The number of carbonyl (C=O) groups is 1. The molecule has 4 rings (SSSR count). The molecular weight excluding hydrogens is 444 g/mol. The lowest BCUT2D eigenvalue weighted by atomic mass is 10.1. The Labute approximate surface area is 193 Å². The van der Waals surface area contributed by atoms with Crippen molar-refractivity contribution in [3.8, 4) is 0 Å². The molecule has 3 aromatic rings. The number of thioether (sulfide) groups is 1. The van der Waals surface area contributed by atoms with E-state index in [0.717, 1.165) is 11.3 Å². The average molecular weight is 463 g/mol. The van der Waals surface area contributed by atoms with Crippen molar-refractivity contribution in [2.24, 2.45) is 4.99 Å². The molecule has 1 aromatic heterocycles. The van der Waals surface area contributed by atoms with E-state index in [2.05, 4.69) is 15.3 Å². The highest BCUT2D eigenvalue weighted by atomic mass is 32.2. The first kappa shape index (κ1) is 21.8. The molecule has 1 fully saturated rings. The number of carbonyl (C=O) groups excluding carboxylic acids is 1. The third-order valence-corrected chi connectivity index (χ3v) is 6.63. The Kier molecular flexibility index (Phi) is 6.38. The molecular formula is C23H18N4O3S2. The smallest absolute Gasteiger partial charge is 0.283 e. The van der Waals surface area contributed by atoms with E-state index in [4.69, 9.17) is 0 Å². The van der Waals surface area contributed by atoms with Crippen LogP contribution in [0.1, 0.15) is 16.7 Å². The molecule has 1 aliphatic heterocycles. The summed E-state index contributed by atoms with van der Waals surface area (Å²) in [6, 6.07) is 16.1. The lowest BCUT2D eigenvalue weighted by molar-refractivity contribution is -0.387. The average Bonchev–Trinajstić information content (AvgIpc) is 3.11. The molecule has 1 saturated heterocycles. The van der Waals surface area contributed by atoms with Crippen LogP contribution in [-0.4, -0.2) is 21.0 Å². The second-order valence-corrected chi connectivity index (χ2v) is 9.10. The molecule has 32 heavy (non-hydrogen) atoms. The highest BCUT2D eigenvalue weighted by Gasteiger charge is 2.24. The molecule has 160 valence electrons. The number of rotatable bonds is 5. The molecule has 0 aliphatic carbocycles. The molecule has 7 nitrogen and oxygen atoms in total. The number of hydrogen-bond acceptors (Lipinski definition) is 7. The monoisotopic (exact) mass is 462 g/mol. The number of pyridine rings is 1. The molecule has 0 spiro atoms. The van der Waals surface area contributed by atoms with Gasteiger partial charge in [0.2, 0.25) is 0 Å². The van der Waals surface area contributed by atoms with E-state index in [1.807, 2.05) is 38.1 Å². The van der Waals surface area contributed by atoms with Gasteiger partial charge in [-0.1, -0.05) is 30.0 Å². The second kappa shape index (κ2) is 9.37. The lowest BCUT2D eigenvalue weighted by Gasteiger charge is -2.04. The zero-order valence-corrected chi connectivity index (χ0v) is 18.9. The maximum absolute atomic E-state index is 12.4. The second-order valence-electron chi connectivity index (χ2n) is 7.00. The molecule has 1 aliphatic rings. The van der Waals surface area contributed by atoms with Gasteiger partial charge in [-0.3, -0.25) is 14.9 Å². The van der Waals surface area contributed by atoms with Gasteiger partial charge in [0.1, 0.15) is 5.03 Å². The van der Waals surface area contributed by atoms with Crippen molar-refractivity contribution < 1.29 is 9.72 Å². The van der Waals surface area contributed by atoms with Crippen LogP contribution >= 0.6 is 23.5 Å². The Balaban J connectivity index is 1.58. The summed E-state index contributed by atoms with van der Waals surface area (Å²) in [5, 5.41) is 15.5. The highest BCUT2D eigenvalue weighted by molar-refractivity contribution is 8.18. The molecule has 0 radical (unpaired) electrons. The van der Waals surface area contributed by atoms with Crippen molar-refractivity contribution >= 4 is 52.0 Å². The molecule has 2 aromatic carbocycles. The maximum atomic E-state index is 12.4. The fourth-order valence-electron chi connectivity index (χ4n) is 2.92. The number of nitro groups is 1. The Hall–Kier alpha value is -3.43. The van der Waals surface area contributed by atoms with Crippen LogP contribution in [0.25, 0.3) is 6.08 Å². The van der Waals surface area contributed by atoms with Gasteiger partial charge in [0.05, 0.1) is 20.4 Å². The molecule has 0 bridgehead atoms. The predicted molar refractivity (Wildman–Crippen MR) is 128 cm³/mol. The van der Waals surface area contributed by atoms with Crippen LogP contribution < -0.4 is 5.32 Å². The van der Waals surface area contributed by atoms with E-state index in [0.29, 0.717) is 25.6 Å². The minimum atomic E-state index is -0.429. The number of hydrogen-bond donors (Lipinski definition) is 1. The van der Waals surface area contributed by atoms with Crippen LogP contribution in [0, 0.1) is 24.0 Å². The van der Waals surface area contributed by atoms with Crippen LogP contribution in [0.2, 0.25) is 0 Å². The van der Waals surface area contributed by atoms with Gasteiger partial charge in [0.15, 0.2) is 5.17 Å². The van der Waals surface area contributed by atoms with E-state index in [-0.39, 0.29) is 11.6 Å². The summed E-state index contributed by atoms with van der Waals surface area (Å²) in [4.78, 5) is 33.2. The van der Waals surface area contributed by atoms with Crippen molar-refractivity contribution in [2.45, 2.75) is 23.8 Å². The number of aliphatic imine (C=N–C) groups is 1. The highest BCUT2D eigenvalue weighted by Crippen LogP contribution is 2.36. The fourth-order valence-corrected chi connectivity index (χ4v) is 4.62. The first-order valence-corrected chi connectivity index (χ1v) is 11.3. The van der Waals surface area contributed by atoms with E-state index in [1.54, 1.807) is 36.5 Å². The number of aromatic nitrogens is 1. The molecule has 1 amide bonds. The van der Waals surface area contributed by atoms with Crippen molar-refractivity contribution in [1.82, 2.24) is 10.3 Å². The Morgan fingerprint density at radius 3 is 2.69 bits per heavy atom. The zero-order chi connectivity index (χ0) is 22.7. The largest absolute Gasteiger partial charge is 0.300 e. The number of amidine groups is 1. The minimum absolute atomic E-state index is 0.0394. The summed E-state index contributed by atoms with van der Waals surface area (Å²) >= 11 is 2.43. The van der Waals surface area contributed by atoms with Crippen molar-refractivity contribution in [2.75, 3.05) is 0 Å². The van der Waals surface area contributed by atoms with Gasteiger partial charge in [0, 0.05) is 12.3 Å². The number of nitro benzene ring substituents is 1. The normalized spacial score (nSPS) is 15.9. The number of nitrogens with zero attached hydrogens (tertiary/aromatic N) is 3. The SMILES string of the molecule is Cc1ccc(N=C2NC(=O)/C(=C/c3ccc(Sc4ccccn4)c([N+](=O)[O-])c3)S2)cc1C. The van der Waals surface area contributed by atoms with Gasteiger partial charge in [-0.05, 0) is 78.7 Å². The maximum Gasteiger partial charge on any atom is 0.283 e. The third-order valence-electron chi connectivity index (χ3n) is 4.70. The van der Waals surface area contributed by atoms with Gasteiger partial charge in [-0.2, -0.15) is 0 Å². The van der Waals surface area contributed by atoms with Gasteiger partial charge >= 0.3 is 0 Å². The molecule has 2 heterocycles. The standard InChI is InChI=1S/C23H18N4O3S2/c1-14-6-8-17(11-15(14)2)25-23-26-22(28)20(32-23)13-16-7-9-19(18(12-16)27(29)30)31-21-5-3-4-10-24-21/h3-13H,1-2H3,(H,25,26,28)/b20-13-. The van der Waals surface area contributed by atoms with E-state index < -0.39 is 4.92 Å². The van der Waals surface area contributed by atoms with Crippen LogP contribution in [0.3, 0.4) is 0 Å². The summed E-state index contributed by atoms with van der Waals surface area (Å²) in [5.74, 6) is -0.285. The van der Waals surface area contributed by atoms with E-state index >= 15 is 0 Å². The first-order valence-electron chi connectivity index (χ1n) is 9.63. The lowest BCUT2D eigenvalue weighted by Crippen LogP contribution is -2.19. The molecule has 0 atom stereocenters. The Morgan fingerprint density at radius 2 is 1.97 bits per heavy atom. The third kappa shape index (κ3) is 5.06. The zero-order valence-electron chi connectivity index (χ0n) is 17.2. The van der Waals surface area contributed by atoms with Gasteiger partial charge in [-0.25, -0.2) is 9.98 Å². The van der Waals surface area contributed by atoms with Crippen molar-refractivity contribution in [3.63, 3.8) is 0 Å². The number of nitrogens with one attached hydrogen (secondary N) is 1. The van der Waals surface area contributed by atoms with Gasteiger partial charge in [0.25, 0.3) is 11.6 Å². The Morgan fingerprint density at radius 1 is 1.12 bits per heavy atom. The summed E-state index contributed by atoms with van der Waals surface area (Å²) in [6.45, 7) is 4.03. The van der Waals surface area contributed by atoms with Gasteiger partial charge < -0.3 is 5.32 Å². The van der Waals surface area contributed by atoms with Crippen LogP contribution in [0.5, 0.6) is 0 Å². The van der Waals surface area contributed by atoms with Crippen LogP contribution in [0.15, 0.2) is 80.6 Å². The van der Waals surface area contributed by atoms with Crippen molar-refractivity contribution in [1.29, 1.82) is 0 Å². The minimum Gasteiger partial charge on any atom is -0.300 e. The number of aryl methyl sites for hydroxylation is 2. The van der Waals surface area contributed by atoms with E-state index in [9.17, 15) is 14.9 Å². The summed E-state index contributed by atoms with van der Waals surface area (Å²) in [5.41, 5.74) is 3.56. The van der Waals surface area contributed by atoms with Crippen LogP contribution in [-0.2, 0) is 4.79 Å². The first-order chi connectivity index (χ1) is 15.4. The molecule has 9 heteroatoms. The number of amides is 1. The quantitative estimate of drug-likeness (QED) is 0.299. The van der Waals surface area contributed by atoms with Gasteiger partial charge in [-0.15, -0.1) is 0 Å².